The highest BCUT2D eigenvalue weighted by Gasteiger charge is 2.41. The second-order valence-electron chi connectivity index (χ2n) is 6.77. The number of hydrogen-bond donors (Lipinski definition) is 2. The molecule has 1 saturated carbocycles. The maximum absolute atomic E-state index is 13.8. The largest absolute Gasteiger partial charge is 0.380 e. The number of rotatable bonds is 6. The Bertz CT molecular complexity index is 569. The van der Waals surface area contributed by atoms with Crippen molar-refractivity contribution in [3.63, 3.8) is 0 Å². The highest BCUT2D eigenvalue weighted by atomic mass is 19.1. The van der Waals surface area contributed by atoms with Crippen LogP contribution in [0.2, 0.25) is 0 Å². The van der Waals surface area contributed by atoms with E-state index in [0.29, 0.717) is 25.1 Å². The number of carbonyl (C=O) groups is 1. The van der Waals surface area contributed by atoms with Crippen molar-refractivity contribution in [3.8, 4) is 0 Å². The molecule has 1 aliphatic carbocycles. The van der Waals surface area contributed by atoms with Gasteiger partial charge in [0.05, 0.1) is 5.69 Å². The van der Waals surface area contributed by atoms with Crippen molar-refractivity contribution in [1.29, 1.82) is 0 Å². The molecule has 0 radical (unpaired) electrons. The van der Waals surface area contributed by atoms with E-state index in [0.717, 1.165) is 45.6 Å². The minimum Gasteiger partial charge on any atom is -0.380 e. The molecule has 0 bridgehead atoms. The van der Waals surface area contributed by atoms with Gasteiger partial charge in [-0.15, -0.1) is 0 Å². The van der Waals surface area contributed by atoms with Crippen LogP contribution in [-0.2, 0) is 4.79 Å². The molecule has 2 aliphatic rings. The van der Waals surface area contributed by atoms with E-state index in [-0.39, 0.29) is 11.7 Å². The molecule has 5 nitrogen and oxygen atoms in total. The standard InChI is InChI=1S/C18H26FN3O2/c19-15-5-1-2-6-16(15)22-13-11-21(12-14-22)10-4-9-20-17(23)18(24)7-3-8-18/h1-2,5-6,24H,3-4,7-14H2,(H,20,23). The Morgan fingerprint density at radius 1 is 1.21 bits per heavy atom. The van der Waals surface area contributed by atoms with Crippen LogP contribution < -0.4 is 10.2 Å². The maximum atomic E-state index is 13.8. The summed E-state index contributed by atoms with van der Waals surface area (Å²) in [5.41, 5.74) is -0.427. The number of nitrogens with one attached hydrogen (secondary N) is 1. The number of halogens is 1. The van der Waals surface area contributed by atoms with E-state index in [9.17, 15) is 14.3 Å². The van der Waals surface area contributed by atoms with Crippen molar-refractivity contribution in [3.05, 3.63) is 30.1 Å². The third-order valence-electron chi connectivity index (χ3n) is 5.11. The van der Waals surface area contributed by atoms with Gasteiger partial charge in [0.2, 0.25) is 0 Å². The molecule has 0 spiro atoms. The monoisotopic (exact) mass is 335 g/mol. The zero-order valence-corrected chi connectivity index (χ0v) is 14.0. The molecule has 0 unspecified atom stereocenters. The van der Waals surface area contributed by atoms with Gasteiger partial charge < -0.3 is 15.3 Å². The van der Waals surface area contributed by atoms with Gasteiger partial charge in [-0.25, -0.2) is 4.39 Å². The van der Waals surface area contributed by atoms with Gasteiger partial charge in [0.1, 0.15) is 11.4 Å². The summed E-state index contributed by atoms with van der Waals surface area (Å²) < 4.78 is 13.8. The first-order valence-corrected chi connectivity index (χ1v) is 8.81. The number of hydrogen-bond acceptors (Lipinski definition) is 4. The summed E-state index contributed by atoms with van der Waals surface area (Å²) in [4.78, 5) is 16.2. The van der Waals surface area contributed by atoms with Gasteiger partial charge in [0.25, 0.3) is 5.91 Å². The van der Waals surface area contributed by atoms with Crippen molar-refractivity contribution in [2.24, 2.45) is 0 Å². The summed E-state index contributed by atoms with van der Waals surface area (Å²) in [7, 11) is 0. The van der Waals surface area contributed by atoms with Crippen LogP contribution in [0, 0.1) is 5.82 Å². The Hall–Kier alpha value is -1.66. The van der Waals surface area contributed by atoms with E-state index in [1.807, 2.05) is 12.1 Å². The molecule has 24 heavy (non-hydrogen) atoms. The van der Waals surface area contributed by atoms with Crippen LogP contribution in [0.5, 0.6) is 0 Å². The van der Waals surface area contributed by atoms with Gasteiger partial charge in [-0.3, -0.25) is 9.69 Å². The fourth-order valence-electron chi connectivity index (χ4n) is 3.33. The average Bonchev–Trinajstić information content (AvgIpc) is 2.57. The molecule has 0 aromatic heterocycles. The highest BCUT2D eigenvalue weighted by molar-refractivity contribution is 5.85. The average molecular weight is 335 g/mol. The number of nitrogens with zero attached hydrogens (tertiary/aromatic N) is 2. The Labute approximate surface area is 142 Å². The van der Waals surface area contributed by atoms with Crippen LogP contribution in [0.3, 0.4) is 0 Å². The van der Waals surface area contributed by atoms with E-state index >= 15 is 0 Å². The Balaban J connectivity index is 1.34. The molecule has 1 saturated heterocycles. The third kappa shape index (κ3) is 3.87. The van der Waals surface area contributed by atoms with Crippen LogP contribution >= 0.6 is 0 Å². The lowest BCUT2D eigenvalue weighted by molar-refractivity contribution is -0.148. The molecule has 1 aromatic carbocycles. The van der Waals surface area contributed by atoms with Gasteiger partial charge in [0.15, 0.2) is 0 Å². The van der Waals surface area contributed by atoms with Gasteiger partial charge in [-0.2, -0.15) is 0 Å². The molecule has 132 valence electrons. The fraction of sp³-hybridized carbons (Fsp3) is 0.611. The second kappa shape index (κ2) is 7.49. The molecular formula is C18H26FN3O2. The van der Waals surface area contributed by atoms with E-state index in [4.69, 9.17) is 0 Å². The molecule has 2 fully saturated rings. The normalized spacial score (nSPS) is 20.5. The van der Waals surface area contributed by atoms with Crippen LogP contribution in [0.15, 0.2) is 24.3 Å². The zero-order valence-electron chi connectivity index (χ0n) is 14.0. The van der Waals surface area contributed by atoms with Gasteiger partial charge in [-0.1, -0.05) is 12.1 Å². The molecular weight excluding hydrogens is 309 g/mol. The lowest BCUT2D eigenvalue weighted by Gasteiger charge is -2.36. The lowest BCUT2D eigenvalue weighted by atomic mass is 9.79. The first-order valence-electron chi connectivity index (χ1n) is 8.81. The minimum atomic E-state index is -1.11. The lowest BCUT2D eigenvalue weighted by Crippen LogP contribution is -2.52. The predicted molar refractivity (Wildman–Crippen MR) is 91.5 cm³/mol. The quantitative estimate of drug-likeness (QED) is 0.771. The Kier molecular flexibility index (Phi) is 5.36. The van der Waals surface area contributed by atoms with Crippen molar-refractivity contribution in [2.45, 2.75) is 31.3 Å². The first-order chi connectivity index (χ1) is 11.6. The number of carbonyl (C=O) groups excluding carboxylic acids is 1. The van der Waals surface area contributed by atoms with Crippen molar-refractivity contribution >= 4 is 11.6 Å². The highest BCUT2D eigenvalue weighted by Crippen LogP contribution is 2.31. The fourth-order valence-corrected chi connectivity index (χ4v) is 3.33. The van der Waals surface area contributed by atoms with Crippen LogP contribution in [0.1, 0.15) is 25.7 Å². The third-order valence-corrected chi connectivity index (χ3v) is 5.11. The molecule has 1 heterocycles. The Morgan fingerprint density at radius 2 is 1.92 bits per heavy atom. The smallest absolute Gasteiger partial charge is 0.251 e. The summed E-state index contributed by atoms with van der Waals surface area (Å²) >= 11 is 0. The Morgan fingerprint density at radius 3 is 2.54 bits per heavy atom. The summed E-state index contributed by atoms with van der Waals surface area (Å²) in [5.74, 6) is -0.388. The maximum Gasteiger partial charge on any atom is 0.251 e. The van der Waals surface area contributed by atoms with E-state index in [1.165, 1.54) is 6.07 Å². The van der Waals surface area contributed by atoms with E-state index in [2.05, 4.69) is 15.1 Å². The van der Waals surface area contributed by atoms with Crippen molar-refractivity contribution in [1.82, 2.24) is 10.2 Å². The summed E-state index contributed by atoms with van der Waals surface area (Å²) in [6.45, 7) is 4.91. The van der Waals surface area contributed by atoms with Crippen molar-refractivity contribution in [2.75, 3.05) is 44.2 Å². The van der Waals surface area contributed by atoms with Gasteiger partial charge >= 0.3 is 0 Å². The van der Waals surface area contributed by atoms with Crippen LogP contribution in [0.4, 0.5) is 10.1 Å². The number of amides is 1. The van der Waals surface area contributed by atoms with Crippen molar-refractivity contribution < 1.29 is 14.3 Å². The van der Waals surface area contributed by atoms with Crippen LogP contribution in [-0.4, -0.2) is 60.8 Å². The molecule has 2 N–H and O–H groups in total. The summed E-state index contributed by atoms with van der Waals surface area (Å²) in [6, 6.07) is 6.90. The predicted octanol–water partition coefficient (Wildman–Crippen LogP) is 1.37. The molecule has 1 amide bonds. The van der Waals surface area contributed by atoms with E-state index < -0.39 is 5.60 Å². The first kappa shape index (κ1) is 17.2. The number of anilines is 1. The molecule has 6 heteroatoms. The molecule has 1 aliphatic heterocycles. The SMILES string of the molecule is O=C(NCCCN1CCN(c2ccccc2F)CC1)C1(O)CCC1. The molecule has 1 aromatic rings. The number of benzene rings is 1. The zero-order chi connectivity index (χ0) is 17.0. The number of aliphatic hydroxyl groups is 1. The van der Waals surface area contributed by atoms with Gasteiger partial charge in [0, 0.05) is 32.7 Å². The minimum absolute atomic E-state index is 0.164. The van der Waals surface area contributed by atoms with E-state index in [1.54, 1.807) is 6.07 Å². The number of para-hydroxylation sites is 1. The molecule has 0 atom stereocenters. The van der Waals surface area contributed by atoms with Crippen LogP contribution in [0.25, 0.3) is 0 Å². The summed E-state index contributed by atoms with van der Waals surface area (Å²) in [6.07, 6.45) is 2.95. The summed E-state index contributed by atoms with van der Waals surface area (Å²) in [5, 5.41) is 12.8. The number of piperazine rings is 1. The van der Waals surface area contributed by atoms with Gasteiger partial charge in [-0.05, 0) is 44.4 Å². The molecule has 3 rings (SSSR count). The topological polar surface area (TPSA) is 55.8 Å². The second-order valence-corrected chi connectivity index (χ2v) is 6.77.